The molecule has 0 fully saturated rings. The molecule has 0 spiro atoms. The van der Waals surface area contributed by atoms with Gasteiger partial charge < -0.3 is 112 Å². The molecule has 21 N–H and O–H groups in total. The molecule has 7 amide bonds. The SMILES string of the molecule is C=CC1=C(C)c2cc3[n-]c(cc4nc(cc5[n-]c(cc1n2)c(C)c5CCC(=O)N[C@@H](CCC(=O)N[C@@H](CCCNC(=N)N)C(=O)OC)C(=O)N[C@@H](CCCNC(=N)N)C(=O)OC)C(CCC(=O)N(CCC(=O)N[C@H](CCCNC(=N)N)C(=O)OC)C(=O)N[C@H](CCCNC(=N)N)C(=O)OC)=C4C)c(C)c3C=C.[Cl-].[Fe+3]. The molecule has 38 heteroatoms. The molecule has 36 nitrogen and oxygen atoms in total. The Morgan fingerprint density at radius 3 is 1.37 bits per heavy atom. The van der Waals surface area contributed by atoms with E-state index in [9.17, 15) is 47.9 Å². The molecule has 2 aliphatic heterocycles. The standard InChI is InChI=1S/C71H102N22O14.ClH.Fe/c1-11-41-37(3)50-33-51-40(6)44(22-26-61(97)93(71(103)92-49(66(102)107-10)20-16-31-83-70(78)79)32-27-60(96)90-47(64(100)105-8)18-14-29-81-68(74)75)57(86-51)36-56-43(39(5)53(87-56)35-55-42(12-2)38(4)52(85-55)34-54(41)84-50)21-24-58(94)88-45(62(98)91-48(65(101)106-9)19-15-30-82-69(76)77)23-25-59(95)89-46(63(99)104-7)17-13-28-80-67(72)73;;/h11-12,33-36,45-49H,1-2,13-32H2,3-10H3,(H23,72,73,74,75,76,77,78,79,80,81,82,83,84,85,86,87,88,89,90,91,92,94,95,96,98,103);1H;/q;;+3/p-3/t45-,46-,47+,48-,49+;;/m0../s1. The first-order valence-corrected chi connectivity index (χ1v) is 34.6. The van der Waals surface area contributed by atoms with Crippen LogP contribution in [0, 0.1) is 35.5 Å². The van der Waals surface area contributed by atoms with Crippen LogP contribution in [-0.2, 0) is 85.6 Å². The topological polar surface area (TPSA) is 573 Å². The van der Waals surface area contributed by atoms with Gasteiger partial charge in [-0.3, -0.25) is 50.5 Å². The minimum absolute atomic E-state index is 0. The molecule has 5 rings (SSSR count). The van der Waals surface area contributed by atoms with E-state index < -0.39 is 115 Å². The van der Waals surface area contributed by atoms with E-state index in [0.717, 1.165) is 50.0 Å². The average molecular weight is 1580 g/mol. The van der Waals surface area contributed by atoms with E-state index in [0.29, 0.717) is 72.7 Å². The molecule has 2 aliphatic rings. The van der Waals surface area contributed by atoms with Crippen molar-refractivity contribution in [1.29, 1.82) is 21.6 Å². The number of halogens is 1. The zero-order valence-corrected chi connectivity index (χ0v) is 64.3. The number of nitrogens with one attached hydrogen (secondary N) is 13. The number of urea groups is 1. The number of imide groups is 1. The number of esters is 4. The fourth-order valence-electron chi connectivity index (χ4n) is 11.8. The number of guanidine groups is 4. The molecule has 3 aromatic rings. The third-order valence-electron chi connectivity index (χ3n) is 17.7. The zero-order chi connectivity index (χ0) is 79.2. The summed E-state index contributed by atoms with van der Waals surface area (Å²) in [6.07, 6.45) is 2.33. The van der Waals surface area contributed by atoms with Crippen LogP contribution in [0.1, 0.15) is 149 Å². The van der Waals surface area contributed by atoms with Gasteiger partial charge in [-0.25, -0.2) is 33.9 Å². The second kappa shape index (κ2) is 45.4. The van der Waals surface area contributed by atoms with Crippen LogP contribution in [0.3, 0.4) is 0 Å². The summed E-state index contributed by atoms with van der Waals surface area (Å²) in [4.78, 5) is 159. The number of methoxy groups -OCH3 is 4. The predicted molar refractivity (Wildman–Crippen MR) is 402 cm³/mol. The maximum absolute atomic E-state index is 14.9. The molecule has 3 aromatic heterocycles. The van der Waals surface area contributed by atoms with Gasteiger partial charge in [-0.05, 0) is 121 Å². The van der Waals surface area contributed by atoms with Gasteiger partial charge in [0, 0.05) is 64.0 Å². The van der Waals surface area contributed by atoms with E-state index in [4.69, 9.17) is 83.5 Å². The number of hydrogen-bond donors (Lipinski definition) is 17. The van der Waals surface area contributed by atoms with Gasteiger partial charge in [-0.1, -0.05) is 66.3 Å². The molecule has 5 atom stereocenters. The molecule has 593 valence electrons. The number of rotatable bonds is 40. The van der Waals surface area contributed by atoms with E-state index in [-0.39, 0.29) is 157 Å². The average Bonchev–Trinajstić information content (AvgIpc) is 1.62. The van der Waals surface area contributed by atoms with Crippen molar-refractivity contribution in [1.82, 2.24) is 72.7 Å². The van der Waals surface area contributed by atoms with Crippen LogP contribution >= 0.6 is 0 Å². The predicted octanol–water partition coefficient (Wildman–Crippen LogP) is -1.64. The number of amides is 7. The second-order valence-corrected chi connectivity index (χ2v) is 25.1. The summed E-state index contributed by atoms with van der Waals surface area (Å²) in [5.74, 6) is -8.25. The van der Waals surface area contributed by atoms with Gasteiger partial charge in [0.15, 0.2) is 23.8 Å². The first kappa shape index (κ1) is 91.9. The van der Waals surface area contributed by atoms with Crippen molar-refractivity contribution in [2.45, 2.75) is 154 Å². The number of allylic oxidation sites excluding steroid dienone is 5. The molecule has 0 unspecified atom stereocenters. The molecule has 5 heterocycles. The largest absolute Gasteiger partial charge is 3.00 e. The number of carbonyl (C=O) groups is 10. The number of carbonyl (C=O) groups excluding carboxylic acids is 10. The monoisotopic (exact) mass is 1580 g/mol. The normalized spacial score (nSPS) is 12.7. The van der Waals surface area contributed by atoms with Crippen LogP contribution in [-0.4, -0.2) is 190 Å². The summed E-state index contributed by atoms with van der Waals surface area (Å²) in [7, 11) is 4.52. The first-order chi connectivity index (χ1) is 50.9. The van der Waals surface area contributed by atoms with Crippen molar-refractivity contribution in [2.24, 2.45) is 22.9 Å². The Morgan fingerprint density at radius 1 is 0.486 bits per heavy atom. The zero-order valence-electron chi connectivity index (χ0n) is 62.4. The van der Waals surface area contributed by atoms with E-state index in [1.165, 1.54) is 0 Å². The van der Waals surface area contributed by atoms with Crippen LogP contribution in [0.25, 0.3) is 50.4 Å². The van der Waals surface area contributed by atoms with Crippen LogP contribution in [0.15, 0.2) is 43.5 Å². The second-order valence-electron chi connectivity index (χ2n) is 25.1. The smallest absolute Gasteiger partial charge is 1.00 e. The first-order valence-electron chi connectivity index (χ1n) is 34.6. The van der Waals surface area contributed by atoms with Gasteiger partial charge in [0.2, 0.25) is 29.5 Å². The van der Waals surface area contributed by atoms with Crippen LogP contribution in [0.5, 0.6) is 0 Å². The third-order valence-corrected chi connectivity index (χ3v) is 17.7. The minimum atomic E-state index is -1.47. The summed E-state index contributed by atoms with van der Waals surface area (Å²) in [6, 6.07) is -0.315. The van der Waals surface area contributed by atoms with Crippen molar-refractivity contribution >= 4 is 134 Å². The molecule has 1 radical (unpaired) electrons. The molecule has 8 bridgehead atoms. The summed E-state index contributed by atoms with van der Waals surface area (Å²) >= 11 is 0. The van der Waals surface area contributed by atoms with Crippen LogP contribution in [0.4, 0.5) is 4.79 Å². The molecular weight excluding hydrogens is 1480 g/mol. The molecule has 0 saturated carbocycles. The van der Waals surface area contributed by atoms with Gasteiger partial charge in [0.05, 0.1) is 51.2 Å². The minimum Gasteiger partial charge on any atom is -1.00 e. The quantitative estimate of drug-likeness (QED) is 0.00758. The van der Waals surface area contributed by atoms with E-state index in [2.05, 4.69) is 61.0 Å². The van der Waals surface area contributed by atoms with Crippen molar-refractivity contribution in [3.8, 4) is 0 Å². The van der Waals surface area contributed by atoms with Crippen LogP contribution in [0.2, 0.25) is 0 Å². The fourth-order valence-corrected chi connectivity index (χ4v) is 11.8. The fraction of sp³-hybridized carbons (Fsp3) is 0.465. The number of nitrogens with zero attached hydrogens (tertiary/aromatic N) is 5. The Morgan fingerprint density at radius 2 is 0.890 bits per heavy atom. The number of ether oxygens (including phenoxy) is 4. The number of nitrogens with two attached hydrogens (primary N) is 4. The summed E-state index contributed by atoms with van der Waals surface area (Å²) in [6.45, 7) is 15.7. The van der Waals surface area contributed by atoms with Crippen LogP contribution < -0.4 is 93.2 Å². The Hall–Kier alpha value is -11.3. The Kier molecular flexibility index (Phi) is 38.2. The number of aromatic nitrogens is 4. The summed E-state index contributed by atoms with van der Waals surface area (Å²) in [5.41, 5.74) is 30.6. The van der Waals surface area contributed by atoms with Gasteiger partial charge in [0.25, 0.3) is 0 Å². The molecule has 0 aliphatic carbocycles. The summed E-state index contributed by atoms with van der Waals surface area (Å²) < 4.78 is 19.9. The maximum Gasteiger partial charge on any atom is 3.00 e. The Balaban J connectivity index is 0.0000154. The van der Waals surface area contributed by atoms with E-state index >= 15 is 0 Å². The number of aryl methyl sites for hydroxylation is 3. The van der Waals surface area contributed by atoms with E-state index in [1.54, 1.807) is 44.2 Å². The molecule has 0 aromatic carbocycles. The molecule has 109 heavy (non-hydrogen) atoms. The van der Waals surface area contributed by atoms with Gasteiger partial charge >= 0.3 is 47.0 Å². The number of fused-ring (bicyclic) bond motifs is 8. The molecule has 0 saturated heterocycles. The third kappa shape index (κ3) is 27.8. The van der Waals surface area contributed by atoms with Gasteiger partial charge in [-0.15, -0.1) is 22.1 Å². The summed E-state index contributed by atoms with van der Waals surface area (Å²) in [5, 5.41) is 53.6. The number of hydrogen-bond acceptors (Lipinski definition) is 20. The van der Waals surface area contributed by atoms with Crippen molar-refractivity contribution < 1.29 is 96.4 Å². The van der Waals surface area contributed by atoms with Gasteiger partial charge in [-0.2, -0.15) is 0 Å². The maximum atomic E-state index is 14.9. The molecular formula is C71H100ClFeN22O14. The Bertz CT molecular complexity index is 4140. The van der Waals surface area contributed by atoms with E-state index in [1.807, 2.05) is 19.9 Å². The Labute approximate surface area is 648 Å². The van der Waals surface area contributed by atoms with Gasteiger partial charge in [0.1, 0.15) is 30.2 Å². The van der Waals surface area contributed by atoms with Crippen molar-refractivity contribution in [3.63, 3.8) is 0 Å². The van der Waals surface area contributed by atoms with Crippen molar-refractivity contribution in [3.05, 3.63) is 88.5 Å². The van der Waals surface area contributed by atoms with Crippen molar-refractivity contribution in [2.75, 3.05) is 61.2 Å².